The lowest BCUT2D eigenvalue weighted by Crippen LogP contribution is -2.51. The standard InChI is InChI=1S/C17H14ClNO4/c1-7-2-3-8(4-11(7)18)19-16(22)14-9-5-12(20)10(6-13(9)21)15(14)17(19)23/h2-4,9-10,14-15H,5-6H2,1H3. The second kappa shape index (κ2) is 4.74. The Kier molecular flexibility index (Phi) is 3.00. The summed E-state index contributed by atoms with van der Waals surface area (Å²) in [5.74, 6) is -3.55. The van der Waals surface area contributed by atoms with E-state index in [-0.39, 0.29) is 36.2 Å². The maximum absolute atomic E-state index is 12.8. The van der Waals surface area contributed by atoms with E-state index in [0.29, 0.717) is 10.7 Å². The lowest BCUT2D eigenvalue weighted by atomic mass is 9.58. The Bertz CT molecular complexity index is 747. The molecule has 1 aliphatic heterocycles. The summed E-state index contributed by atoms with van der Waals surface area (Å²) in [5.41, 5.74) is 1.25. The third-order valence-electron chi connectivity index (χ3n) is 5.35. The van der Waals surface area contributed by atoms with Crippen molar-refractivity contribution in [1.29, 1.82) is 0 Å². The van der Waals surface area contributed by atoms with Crippen molar-refractivity contribution in [3.63, 3.8) is 0 Å². The first-order chi connectivity index (χ1) is 10.9. The highest BCUT2D eigenvalue weighted by Crippen LogP contribution is 2.50. The Morgan fingerprint density at radius 3 is 1.96 bits per heavy atom. The van der Waals surface area contributed by atoms with Gasteiger partial charge < -0.3 is 0 Å². The van der Waals surface area contributed by atoms with E-state index >= 15 is 0 Å². The van der Waals surface area contributed by atoms with Crippen molar-refractivity contribution in [1.82, 2.24) is 0 Å². The van der Waals surface area contributed by atoms with Crippen LogP contribution in [0.1, 0.15) is 18.4 Å². The van der Waals surface area contributed by atoms with Crippen LogP contribution in [0.15, 0.2) is 18.2 Å². The van der Waals surface area contributed by atoms with Crippen LogP contribution in [0.25, 0.3) is 0 Å². The van der Waals surface area contributed by atoms with Crippen LogP contribution in [0, 0.1) is 30.6 Å². The predicted molar refractivity (Wildman–Crippen MR) is 81.9 cm³/mol. The normalized spacial score (nSPS) is 32.7. The molecule has 4 atom stereocenters. The average molecular weight is 332 g/mol. The van der Waals surface area contributed by atoms with Crippen molar-refractivity contribution in [2.24, 2.45) is 23.7 Å². The van der Waals surface area contributed by atoms with Crippen LogP contribution in [0.5, 0.6) is 0 Å². The molecule has 0 N–H and O–H groups in total. The number of aryl methyl sites for hydroxylation is 1. The number of nitrogens with zero attached hydrogens (tertiary/aromatic N) is 1. The van der Waals surface area contributed by atoms with Crippen LogP contribution in [0.4, 0.5) is 5.69 Å². The number of rotatable bonds is 1. The van der Waals surface area contributed by atoms with E-state index < -0.39 is 23.7 Å². The van der Waals surface area contributed by atoms with E-state index in [1.807, 2.05) is 6.92 Å². The average Bonchev–Trinajstić information content (AvgIpc) is 2.77. The number of Topliss-reactive ketones (excluding diaryl/α,β-unsaturated/α-hetero) is 2. The molecule has 4 unspecified atom stereocenters. The number of carbonyl (C=O) groups is 4. The fourth-order valence-corrected chi connectivity index (χ4v) is 4.33. The van der Waals surface area contributed by atoms with Crippen LogP contribution in [-0.4, -0.2) is 23.4 Å². The summed E-state index contributed by atoms with van der Waals surface area (Å²) in [5, 5.41) is 0.466. The highest BCUT2D eigenvalue weighted by Gasteiger charge is 2.63. The number of anilines is 1. The minimum Gasteiger partial charge on any atom is -0.299 e. The number of hydrogen-bond donors (Lipinski definition) is 0. The zero-order valence-electron chi connectivity index (χ0n) is 12.4. The topological polar surface area (TPSA) is 71.5 Å². The lowest BCUT2D eigenvalue weighted by molar-refractivity contribution is -0.153. The number of carbonyl (C=O) groups excluding carboxylic acids is 4. The van der Waals surface area contributed by atoms with Crippen molar-refractivity contribution in [3.05, 3.63) is 28.8 Å². The molecule has 2 amide bonds. The molecule has 6 heteroatoms. The quantitative estimate of drug-likeness (QED) is 0.737. The first kappa shape index (κ1) is 14.6. The molecule has 23 heavy (non-hydrogen) atoms. The molecule has 0 aromatic heterocycles. The van der Waals surface area contributed by atoms with E-state index in [2.05, 4.69) is 0 Å². The van der Waals surface area contributed by atoms with Crippen LogP contribution >= 0.6 is 11.6 Å². The Hall–Kier alpha value is -2.01. The number of benzene rings is 1. The van der Waals surface area contributed by atoms with Crippen molar-refractivity contribution in [2.75, 3.05) is 4.90 Å². The van der Waals surface area contributed by atoms with E-state index in [4.69, 9.17) is 11.6 Å². The summed E-state index contributed by atoms with van der Waals surface area (Å²) < 4.78 is 0. The number of imide groups is 1. The van der Waals surface area contributed by atoms with Gasteiger partial charge in [-0.2, -0.15) is 0 Å². The molecule has 0 radical (unpaired) electrons. The van der Waals surface area contributed by atoms with Crippen molar-refractivity contribution in [2.45, 2.75) is 19.8 Å². The smallest absolute Gasteiger partial charge is 0.238 e. The van der Waals surface area contributed by atoms with Gasteiger partial charge in [-0.05, 0) is 24.6 Å². The van der Waals surface area contributed by atoms with E-state index in [0.717, 1.165) is 10.5 Å². The summed E-state index contributed by atoms with van der Waals surface area (Å²) in [6.45, 7) is 1.83. The van der Waals surface area contributed by atoms with Gasteiger partial charge in [0, 0.05) is 29.7 Å². The van der Waals surface area contributed by atoms with Gasteiger partial charge >= 0.3 is 0 Å². The molecule has 1 heterocycles. The fourth-order valence-electron chi connectivity index (χ4n) is 4.15. The zero-order chi connectivity index (χ0) is 16.5. The van der Waals surface area contributed by atoms with Crippen LogP contribution in [0.3, 0.4) is 0 Å². The number of amides is 2. The van der Waals surface area contributed by atoms with Gasteiger partial charge in [-0.15, -0.1) is 0 Å². The van der Waals surface area contributed by atoms with Gasteiger partial charge in [-0.3, -0.25) is 19.2 Å². The first-order valence-electron chi connectivity index (χ1n) is 7.59. The Labute approximate surface area is 137 Å². The van der Waals surface area contributed by atoms with Gasteiger partial charge in [0.25, 0.3) is 0 Å². The molecule has 5 nitrogen and oxygen atoms in total. The van der Waals surface area contributed by atoms with Crippen molar-refractivity contribution in [3.8, 4) is 0 Å². The van der Waals surface area contributed by atoms with Gasteiger partial charge in [-0.25, -0.2) is 4.90 Å². The fraction of sp³-hybridized carbons (Fsp3) is 0.412. The van der Waals surface area contributed by atoms with Crippen LogP contribution < -0.4 is 4.90 Å². The monoisotopic (exact) mass is 331 g/mol. The highest BCUT2D eigenvalue weighted by molar-refractivity contribution is 6.32. The van der Waals surface area contributed by atoms with Crippen LogP contribution in [-0.2, 0) is 19.2 Å². The minimum absolute atomic E-state index is 0.0687. The summed E-state index contributed by atoms with van der Waals surface area (Å²) in [6.07, 6.45) is 0.179. The Morgan fingerprint density at radius 2 is 1.48 bits per heavy atom. The number of hydrogen-bond acceptors (Lipinski definition) is 4. The summed E-state index contributed by atoms with van der Waals surface area (Å²) >= 11 is 6.10. The van der Waals surface area contributed by atoms with Gasteiger partial charge in [0.1, 0.15) is 11.6 Å². The number of halogens is 1. The summed E-state index contributed by atoms with van der Waals surface area (Å²) in [6, 6.07) is 4.99. The van der Waals surface area contributed by atoms with E-state index in [9.17, 15) is 19.2 Å². The number of ketones is 2. The van der Waals surface area contributed by atoms with Gasteiger partial charge in [0.15, 0.2) is 0 Å². The highest BCUT2D eigenvalue weighted by atomic mass is 35.5. The third kappa shape index (κ3) is 1.86. The molecule has 118 valence electrons. The van der Waals surface area contributed by atoms with Gasteiger partial charge in [0.05, 0.1) is 17.5 Å². The molecule has 3 saturated carbocycles. The number of fused-ring (bicyclic) bond motifs is 2. The maximum atomic E-state index is 12.8. The molecular formula is C17H14ClNO4. The van der Waals surface area contributed by atoms with Crippen molar-refractivity contribution >= 4 is 40.7 Å². The molecule has 1 saturated heterocycles. The molecule has 0 spiro atoms. The van der Waals surface area contributed by atoms with Gasteiger partial charge in [0.2, 0.25) is 11.8 Å². The lowest BCUT2D eigenvalue weighted by Gasteiger charge is -2.40. The third-order valence-corrected chi connectivity index (χ3v) is 5.76. The Balaban J connectivity index is 1.79. The Morgan fingerprint density at radius 1 is 0.957 bits per heavy atom. The zero-order valence-corrected chi connectivity index (χ0v) is 13.2. The second-order valence-electron chi connectivity index (χ2n) is 6.55. The SMILES string of the molecule is Cc1ccc(N2C(=O)C3C4CC(=O)C(CC4=O)C3C2=O)cc1Cl. The van der Waals surface area contributed by atoms with E-state index in [1.54, 1.807) is 18.2 Å². The molecule has 1 aromatic carbocycles. The van der Waals surface area contributed by atoms with Gasteiger partial charge in [-0.1, -0.05) is 17.7 Å². The predicted octanol–water partition coefficient (Wildman–Crippen LogP) is 1.93. The second-order valence-corrected chi connectivity index (χ2v) is 6.96. The summed E-state index contributed by atoms with van der Waals surface area (Å²) in [4.78, 5) is 50.8. The molecule has 4 aliphatic rings. The molecule has 2 bridgehead atoms. The molecule has 3 aliphatic carbocycles. The molecule has 5 rings (SSSR count). The van der Waals surface area contributed by atoms with Crippen molar-refractivity contribution < 1.29 is 19.2 Å². The maximum Gasteiger partial charge on any atom is 0.238 e. The summed E-state index contributed by atoms with van der Waals surface area (Å²) in [7, 11) is 0. The largest absolute Gasteiger partial charge is 0.299 e. The molecule has 1 aromatic rings. The van der Waals surface area contributed by atoms with Crippen LogP contribution in [0.2, 0.25) is 5.02 Å². The first-order valence-corrected chi connectivity index (χ1v) is 7.97. The molecule has 4 fully saturated rings. The minimum atomic E-state index is -0.688. The van der Waals surface area contributed by atoms with E-state index in [1.165, 1.54) is 0 Å². The molecular weight excluding hydrogens is 318 g/mol.